The maximum Gasteiger partial charge on any atom is 0.416 e. The Hall–Kier alpha value is -2.50. The first-order valence-electron chi connectivity index (χ1n) is 12.1. The maximum absolute atomic E-state index is 12.8. The minimum absolute atomic E-state index is 0.0361. The zero-order chi connectivity index (χ0) is 27.4. The van der Waals surface area contributed by atoms with E-state index in [9.17, 15) is 22.8 Å². The second-order valence-electron chi connectivity index (χ2n) is 9.61. The van der Waals surface area contributed by atoms with Gasteiger partial charge in [0.15, 0.2) is 5.60 Å². The summed E-state index contributed by atoms with van der Waals surface area (Å²) in [6, 6.07) is 10.7. The van der Waals surface area contributed by atoms with Crippen molar-refractivity contribution in [3.8, 4) is 5.75 Å². The number of carbonyl (C=O) groups excluding carboxylic acids is 2. The van der Waals surface area contributed by atoms with Gasteiger partial charge in [0.1, 0.15) is 5.75 Å². The third-order valence-electron chi connectivity index (χ3n) is 6.34. The van der Waals surface area contributed by atoms with Gasteiger partial charge in [0.05, 0.1) is 21.8 Å². The van der Waals surface area contributed by atoms with Crippen LogP contribution in [0.1, 0.15) is 50.3 Å². The number of alkyl halides is 3. The van der Waals surface area contributed by atoms with Gasteiger partial charge in [0.25, 0.3) is 0 Å². The van der Waals surface area contributed by atoms with Crippen molar-refractivity contribution in [2.75, 3.05) is 20.2 Å². The molecular formula is C27H32F3IN2O4. The highest BCUT2D eigenvalue weighted by Crippen LogP contribution is 2.30. The van der Waals surface area contributed by atoms with E-state index in [4.69, 9.17) is 9.47 Å². The number of hydrogen-bond acceptors (Lipinski definition) is 4. The minimum Gasteiger partial charge on any atom is -0.475 e. The van der Waals surface area contributed by atoms with E-state index >= 15 is 0 Å². The van der Waals surface area contributed by atoms with Crippen molar-refractivity contribution >= 4 is 34.6 Å². The average molecular weight is 632 g/mol. The lowest BCUT2D eigenvalue weighted by molar-refractivity contribution is -0.158. The molecule has 2 amide bonds. The molecule has 0 bridgehead atoms. The number of esters is 1. The SMILES string of the molecule is CCOC(=O)C(C)(C)Oc1ccc(CCC[C@H]2CN(Cc3ccc(C(F)(F)F)cc3)C(=O)N2C)cc1I. The second-order valence-corrected chi connectivity index (χ2v) is 10.8. The molecule has 0 radical (unpaired) electrons. The molecule has 2 aromatic carbocycles. The molecule has 1 aliphatic rings. The molecule has 3 rings (SSSR count). The second kappa shape index (κ2) is 11.9. The number of benzene rings is 2. The zero-order valence-corrected chi connectivity index (χ0v) is 23.6. The van der Waals surface area contributed by atoms with E-state index in [1.807, 2.05) is 18.2 Å². The summed E-state index contributed by atoms with van der Waals surface area (Å²) < 4.78 is 50.3. The fourth-order valence-electron chi connectivity index (χ4n) is 4.22. The zero-order valence-electron chi connectivity index (χ0n) is 21.4. The number of urea groups is 1. The smallest absolute Gasteiger partial charge is 0.416 e. The summed E-state index contributed by atoms with van der Waals surface area (Å²) in [5.74, 6) is 0.194. The van der Waals surface area contributed by atoms with Gasteiger partial charge in [-0.15, -0.1) is 0 Å². The Balaban J connectivity index is 1.52. The maximum atomic E-state index is 12.8. The van der Waals surface area contributed by atoms with Gasteiger partial charge in [-0.2, -0.15) is 13.2 Å². The molecule has 37 heavy (non-hydrogen) atoms. The number of ether oxygens (including phenoxy) is 2. The van der Waals surface area contributed by atoms with Crippen LogP contribution in [0.3, 0.4) is 0 Å². The van der Waals surface area contributed by atoms with Gasteiger partial charge in [-0.05, 0) is 98.0 Å². The highest BCUT2D eigenvalue weighted by atomic mass is 127. The predicted octanol–water partition coefficient (Wildman–Crippen LogP) is 6.29. The van der Waals surface area contributed by atoms with Gasteiger partial charge in [0, 0.05) is 20.1 Å². The Kier molecular flexibility index (Phi) is 9.36. The normalized spacial score (nSPS) is 16.3. The molecule has 0 saturated carbocycles. The van der Waals surface area contributed by atoms with Gasteiger partial charge in [0.2, 0.25) is 0 Å². The molecular weight excluding hydrogens is 600 g/mol. The summed E-state index contributed by atoms with van der Waals surface area (Å²) in [6.45, 7) is 6.20. The first-order chi connectivity index (χ1) is 17.3. The topological polar surface area (TPSA) is 59.1 Å². The minimum atomic E-state index is -4.38. The van der Waals surface area contributed by atoms with Crippen molar-refractivity contribution in [3.05, 3.63) is 62.7 Å². The van der Waals surface area contributed by atoms with E-state index in [-0.39, 0.29) is 25.2 Å². The summed E-state index contributed by atoms with van der Waals surface area (Å²) in [7, 11) is 1.76. The fraction of sp³-hybridized carbons (Fsp3) is 0.481. The summed E-state index contributed by atoms with van der Waals surface area (Å²) >= 11 is 2.19. The molecule has 0 aliphatic carbocycles. The Labute approximate surface area is 229 Å². The van der Waals surface area contributed by atoms with Crippen molar-refractivity contribution < 1.29 is 32.2 Å². The number of rotatable bonds is 10. The molecule has 1 fully saturated rings. The molecule has 2 aromatic rings. The summed E-state index contributed by atoms with van der Waals surface area (Å²) in [4.78, 5) is 28.2. The van der Waals surface area contributed by atoms with Crippen LogP contribution in [0.25, 0.3) is 0 Å². The molecule has 0 aromatic heterocycles. The van der Waals surface area contributed by atoms with E-state index in [0.29, 0.717) is 17.9 Å². The fourth-order valence-corrected chi connectivity index (χ4v) is 4.91. The highest BCUT2D eigenvalue weighted by molar-refractivity contribution is 14.1. The van der Waals surface area contributed by atoms with Crippen molar-refractivity contribution in [3.63, 3.8) is 0 Å². The molecule has 0 N–H and O–H groups in total. The van der Waals surface area contributed by atoms with Crippen LogP contribution in [0.5, 0.6) is 5.75 Å². The van der Waals surface area contributed by atoms with E-state index in [2.05, 4.69) is 22.6 Å². The van der Waals surface area contributed by atoms with Gasteiger partial charge in [-0.1, -0.05) is 18.2 Å². The lowest BCUT2D eigenvalue weighted by Crippen LogP contribution is -2.39. The van der Waals surface area contributed by atoms with Gasteiger partial charge >= 0.3 is 18.2 Å². The lowest BCUT2D eigenvalue weighted by atomic mass is 10.0. The van der Waals surface area contributed by atoms with Crippen LogP contribution in [0, 0.1) is 3.57 Å². The van der Waals surface area contributed by atoms with E-state index in [1.54, 1.807) is 37.6 Å². The molecule has 1 heterocycles. The number of nitrogens with zero attached hydrogens (tertiary/aromatic N) is 2. The number of carbonyl (C=O) groups is 2. The number of amides is 2. The van der Waals surface area contributed by atoms with E-state index in [1.165, 1.54) is 12.1 Å². The number of aryl methyl sites for hydroxylation is 1. The van der Waals surface area contributed by atoms with Gasteiger partial charge in [-0.25, -0.2) is 9.59 Å². The average Bonchev–Trinajstić information content (AvgIpc) is 3.08. The third kappa shape index (κ3) is 7.52. The molecule has 1 saturated heterocycles. The number of likely N-dealkylation sites (N-methyl/N-ethyl adjacent to an activating group) is 1. The largest absolute Gasteiger partial charge is 0.475 e. The quantitative estimate of drug-likeness (QED) is 0.228. The van der Waals surface area contributed by atoms with Crippen LogP contribution in [0.15, 0.2) is 42.5 Å². The Morgan fingerprint density at radius 2 is 1.76 bits per heavy atom. The third-order valence-corrected chi connectivity index (χ3v) is 7.18. The van der Waals surface area contributed by atoms with Gasteiger partial charge < -0.3 is 19.3 Å². The molecule has 6 nitrogen and oxygen atoms in total. The number of halogens is 4. The highest BCUT2D eigenvalue weighted by Gasteiger charge is 2.35. The predicted molar refractivity (Wildman–Crippen MR) is 142 cm³/mol. The molecule has 1 atom stereocenters. The first kappa shape index (κ1) is 29.1. The van der Waals surface area contributed by atoms with Gasteiger partial charge in [-0.3, -0.25) is 0 Å². The van der Waals surface area contributed by atoms with Crippen LogP contribution < -0.4 is 4.74 Å². The molecule has 10 heteroatoms. The van der Waals surface area contributed by atoms with Crippen LogP contribution in [-0.2, 0) is 28.7 Å². The Morgan fingerprint density at radius 1 is 1.11 bits per heavy atom. The Bertz CT molecular complexity index is 1110. The van der Waals surface area contributed by atoms with Crippen LogP contribution >= 0.6 is 22.6 Å². The van der Waals surface area contributed by atoms with Crippen molar-refractivity contribution in [1.29, 1.82) is 0 Å². The first-order valence-corrected chi connectivity index (χ1v) is 13.2. The van der Waals surface area contributed by atoms with E-state index < -0.39 is 23.3 Å². The molecule has 0 spiro atoms. The number of hydrogen-bond donors (Lipinski definition) is 0. The summed E-state index contributed by atoms with van der Waals surface area (Å²) in [5, 5.41) is 0. The van der Waals surface area contributed by atoms with Crippen molar-refractivity contribution in [2.24, 2.45) is 0 Å². The van der Waals surface area contributed by atoms with Crippen LogP contribution in [0.2, 0.25) is 0 Å². The summed E-state index contributed by atoms with van der Waals surface area (Å²) in [5.41, 5.74) is -0.00261. The van der Waals surface area contributed by atoms with E-state index in [0.717, 1.165) is 40.5 Å². The lowest BCUT2D eigenvalue weighted by Gasteiger charge is -2.25. The molecule has 1 aliphatic heterocycles. The molecule has 0 unspecified atom stereocenters. The molecule has 202 valence electrons. The van der Waals surface area contributed by atoms with Crippen molar-refractivity contribution in [2.45, 2.75) is 64.4 Å². The van der Waals surface area contributed by atoms with Crippen LogP contribution in [0.4, 0.5) is 18.0 Å². The summed E-state index contributed by atoms with van der Waals surface area (Å²) in [6.07, 6.45) is -1.90. The van der Waals surface area contributed by atoms with Crippen LogP contribution in [-0.4, -0.2) is 53.6 Å². The van der Waals surface area contributed by atoms with Crippen molar-refractivity contribution in [1.82, 2.24) is 9.80 Å². The Morgan fingerprint density at radius 3 is 2.35 bits per heavy atom. The monoisotopic (exact) mass is 632 g/mol. The standard InChI is InChI=1S/C27H32F3IN2O4/c1-5-36-24(34)26(2,3)37-23-14-11-18(15-22(23)31)7-6-8-21-17-33(25(35)32(21)4)16-19-9-12-20(13-10-19)27(28,29)30/h9-15,21H,5-8,16-17H2,1-4H3/t21-/m0/s1.